The van der Waals surface area contributed by atoms with Crippen LogP contribution >= 0.6 is 0 Å². The van der Waals surface area contributed by atoms with Gasteiger partial charge in [-0.25, -0.2) is 0 Å². The molecule has 4 N–H and O–H groups in total. The van der Waals surface area contributed by atoms with Crippen LogP contribution in [-0.2, 0) is 13.0 Å². The molecule has 0 fully saturated rings. The Labute approximate surface area is 116 Å². The van der Waals surface area contributed by atoms with E-state index in [2.05, 4.69) is 10.3 Å². The van der Waals surface area contributed by atoms with Gasteiger partial charge in [-0.05, 0) is 36.2 Å². The second-order valence-corrected chi connectivity index (χ2v) is 4.45. The third-order valence-electron chi connectivity index (χ3n) is 2.97. The maximum absolute atomic E-state index is 11.9. The van der Waals surface area contributed by atoms with Crippen LogP contribution in [0.5, 0.6) is 0 Å². The van der Waals surface area contributed by atoms with E-state index >= 15 is 0 Å². The average molecular weight is 271 g/mol. The van der Waals surface area contributed by atoms with Gasteiger partial charge in [-0.3, -0.25) is 9.59 Å². The lowest BCUT2D eigenvalue weighted by Crippen LogP contribution is -2.28. The minimum atomic E-state index is -0.386. The van der Waals surface area contributed by atoms with Gasteiger partial charge in [0.1, 0.15) is 5.56 Å². The van der Waals surface area contributed by atoms with E-state index in [4.69, 9.17) is 5.73 Å². The predicted molar refractivity (Wildman–Crippen MR) is 77.4 cm³/mol. The number of aromatic nitrogens is 1. The number of carbonyl (C=O) groups is 1. The third kappa shape index (κ3) is 3.55. The number of H-pyrrole nitrogens is 1. The molecular weight excluding hydrogens is 254 g/mol. The number of nitrogens with one attached hydrogen (secondary N) is 2. The molecule has 104 valence electrons. The lowest BCUT2D eigenvalue weighted by atomic mass is 10.1. The quantitative estimate of drug-likeness (QED) is 0.751. The van der Waals surface area contributed by atoms with Crippen molar-refractivity contribution < 1.29 is 4.79 Å². The third-order valence-corrected chi connectivity index (χ3v) is 2.97. The monoisotopic (exact) mass is 271 g/mol. The van der Waals surface area contributed by atoms with Crippen LogP contribution in [0, 0.1) is 0 Å². The molecule has 0 aliphatic carbocycles. The van der Waals surface area contributed by atoms with E-state index in [9.17, 15) is 9.59 Å². The van der Waals surface area contributed by atoms with Crippen molar-refractivity contribution in [3.63, 3.8) is 0 Å². The summed E-state index contributed by atoms with van der Waals surface area (Å²) in [6.45, 7) is 1.00. The molecule has 0 bridgehead atoms. The smallest absolute Gasteiger partial charge is 0.260 e. The van der Waals surface area contributed by atoms with E-state index in [1.165, 1.54) is 17.8 Å². The fourth-order valence-electron chi connectivity index (χ4n) is 1.87. The zero-order chi connectivity index (χ0) is 14.4. The Balaban J connectivity index is 1.97. The highest BCUT2D eigenvalue weighted by Crippen LogP contribution is 2.04. The zero-order valence-corrected chi connectivity index (χ0v) is 11.1. The number of pyridine rings is 1. The number of aromatic amines is 1. The van der Waals surface area contributed by atoms with Crippen molar-refractivity contribution in [2.75, 3.05) is 6.54 Å². The van der Waals surface area contributed by atoms with E-state index in [0.717, 1.165) is 12.0 Å². The van der Waals surface area contributed by atoms with Crippen LogP contribution in [0.4, 0.5) is 0 Å². The molecule has 1 heterocycles. The number of hydrogen-bond donors (Lipinski definition) is 3. The summed E-state index contributed by atoms with van der Waals surface area (Å²) < 4.78 is 0. The fraction of sp³-hybridized carbons (Fsp3) is 0.200. The highest BCUT2D eigenvalue weighted by atomic mass is 16.2. The van der Waals surface area contributed by atoms with Crippen molar-refractivity contribution >= 4 is 5.91 Å². The standard InChI is InChI=1S/C15H17N3O2/c16-8-7-11-3-5-12(6-4-11)10-18-15(20)13-2-1-9-17-14(13)19/h1-6,9H,7-8,10,16H2,(H,17,19)(H,18,20). The van der Waals surface area contributed by atoms with Gasteiger partial charge < -0.3 is 16.0 Å². The number of hydrogen-bond acceptors (Lipinski definition) is 3. The van der Waals surface area contributed by atoms with Crippen molar-refractivity contribution in [2.24, 2.45) is 5.73 Å². The summed E-state index contributed by atoms with van der Waals surface area (Å²) in [4.78, 5) is 25.8. The minimum absolute atomic E-state index is 0.118. The minimum Gasteiger partial charge on any atom is -0.348 e. The lowest BCUT2D eigenvalue weighted by Gasteiger charge is -2.06. The summed E-state index contributed by atoms with van der Waals surface area (Å²) in [6, 6.07) is 11.0. The topological polar surface area (TPSA) is 88.0 Å². The normalized spacial score (nSPS) is 10.2. The first kappa shape index (κ1) is 14.0. The summed E-state index contributed by atoms with van der Waals surface area (Å²) in [7, 11) is 0. The number of carbonyl (C=O) groups excluding carboxylic acids is 1. The average Bonchev–Trinajstić information content (AvgIpc) is 2.47. The molecule has 0 aliphatic rings. The van der Waals surface area contributed by atoms with Crippen LogP contribution in [0.2, 0.25) is 0 Å². The SMILES string of the molecule is NCCc1ccc(CNC(=O)c2ccc[nH]c2=O)cc1. The molecule has 0 aliphatic heterocycles. The summed E-state index contributed by atoms with van der Waals surface area (Å²) in [6.07, 6.45) is 2.33. The summed E-state index contributed by atoms with van der Waals surface area (Å²) >= 11 is 0. The zero-order valence-electron chi connectivity index (χ0n) is 11.1. The number of nitrogens with two attached hydrogens (primary N) is 1. The van der Waals surface area contributed by atoms with Gasteiger partial charge in [0.05, 0.1) is 0 Å². The van der Waals surface area contributed by atoms with Gasteiger partial charge in [-0.1, -0.05) is 24.3 Å². The van der Waals surface area contributed by atoms with Crippen molar-refractivity contribution in [3.8, 4) is 0 Å². The van der Waals surface area contributed by atoms with Crippen LogP contribution in [0.3, 0.4) is 0 Å². The van der Waals surface area contributed by atoms with E-state index in [1.807, 2.05) is 24.3 Å². The number of rotatable bonds is 5. The Morgan fingerprint density at radius 1 is 1.15 bits per heavy atom. The molecule has 1 aromatic carbocycles. The summed E-state index contributed by atoms with van der Waals surface area (Å²) in [5, 5.41) is 2.72. The molecule has 0 saturated carbocycles. The molecule has 2 rings (SSSR count). The van der Waals surface area contributed by atoms with Crippen LogP contribution in [0.15, 0.2) is 47.4 Å². The van der Waals surface area contributed by atoms with E-state index in [-0.39, 0.29) is 17.0 Å². The Hall–Kier alpha value is -2.40. The molecule has 0 atom stereocenters. The van der Waals surface area contributed by atoms with Crippen LogP contribution in [-0.4, -0.2) is 17.4 Å². The second-order valence-electron chi connectivity index (χ2n) is 4.45. The first-order chi connectivity index (χ1) is 9.70. The molecule has 1 aromatic heterocycles. The molecule has 5 nitrogen and oxygen atoms in total. The molecular formula is C15H17N3O2. The predicted octanol–water partition coefficient (Wildman–Crippen LogP) is 0.806. The highest BCUT2D eigenvalue weighted by molar-refractivity contribution is 5.93. The van der Waals surface area contributed by atoms with Gasteiger partial charge in [0.25, 0.3) is 11.5 Å². The van der Waals surface area contributed by atoms with Crippen molar-refractivity contribution in [1.82, 2.24) is 10.3 Å². The second kappa shape index (κ2) is 6.68. The molecule has 0 unspecified atom stereocenters. The largest absolute Gasteiger partial charge is 0.348 e. The van der Waals surface area contributed by atoms with E-state index < -0.39 is 0 Å². The van der Waals surface area contributed by atoms with Crippen molar-refractivity contribution in [2.45, 2.75) is 13.0 Å². The maximum atomic E-state index is 11.9. The van der Waals surface area contributed by atoms with Gasteiger partial charge >= 0.3 is 0 Å². The van der Waals surface area contributed by atoms with Crippen LogP contribution < -0.4 is 16.6 Å². The summed E-state index contributed by atoms with van der Waals surface area (Å²) in [5.74, 6) is -0.377. The van der Waals surface area contributed by atoms with Gasteiger partial charge in [0.15, 0.2) is 0 Å². The molecule has 0 radical (unpaired) electrons. The van der Waals surface area contributed by atoms with Crippen molar-refractivity contribution in [1.29, 1.82) is 0 Å². The van der Waals surface area contributed by atoms with Crippen molar-refractivity contribution in [3.05, 3.63) is 69.6 Å². The Morgan fingerprint density at radius 2 is 1.85 bits per heavy atom. The van der Waals surface area contributed by atoms with Gasteiger partial charge in [-0.15, -0.1) is 0 Å². The molecule has 1 amide bonds. The van der Waals surface area contributed by atoms with Crippen LogP contribution in [0.25, 0.3) is 0 Å². The van der Waals surface area contributed by atoms with Crippen LogP contribution in [0.1, 0.15) is 21.5 Å². The molecule has 5 heteroatoms. The number of benzene rings is 1. The molecule has 20 heavy (non-hydrogen) atoms. The van der Waals surface area contributed by atoms with Gasteiger partial charge in [-0.2, -0.15) is 0 Å². The molecule has 2 aromatic rings. The Kier molecular flexibility index (Phi) is 4.68. The molecule has 0 spiro atoms. The Morgan fingerprint density at radius 3 is 2.50 bits per heavy atom. The highest BCUT2D eigenvalue weighted by Gasteiger charge is 2.08. The van der Waals surface area contributed by atoms with Gasteiger partial charge in [0, 0.05) is 12.7 Å². The summed E-state index contributed by atoms with van der Waals surface area (Å²) in [5.41, 5.74) is 7.36. The fourth-order valence-corrected chi connectivity index (χ4v) is 1.87. The maximum Gasteiger partial charge on any atom is 0.260 e. The lowest BCUT2D eigenvalue weighted by molar-refractivity contribution is 0.0949. The first-order valence-corrected chi connectivity index (χ1v) is 6.44. The van der Waals surface area contributed by atoms with E-state index in [0.29, 0.717) is 13.1 Å². The van der Waals surface area contributed by atoms with E-state index in [1.54, 1.807) is 6.07 Å². The first-order valence-electron chi connectivity index (χ1n) is 6.44. The number of amides is 1. The Bertz CT molecular complexity index is 632. The van der Waals surface area contributed by atoms with Gasteiger partial charge in [0.2, 0.25) is 0 Å². The molecule has 0 saturated heterocycles.